The minimum Gasteiger partial charge on any atom is -0.444 e. The Morgan fingerprint density at radius 3 is 1.76 bits per heavy atom. The fourth-order valence-electron chi connectivity index (χ4n) is 7.81. The summed E-state index contributed by atoms with van der Waals surface area (Å²) in [6.07, 6.45) is 15.7. The summed E-state index contributed by atoms with van der Waals surface area (Å²) in [7, 11) is 0. The number of hydrogen-bond donors (Lipinski definition) is 1. The Morgan fingerprint density at radius 2 is 1.26 bits per heavy atom. The highest BCUT2D eigenvalue weighted by Crippen LogP contribution is 2.27. The van der Waals surface area contributed by atoms with E-state index in [1.165, 1.54) is 70.3 Å². The lowest BCUT2D eigenvalue weighted by Gasteiger charge is -2.43. The highest BCUT2D eigenvalue weighted by molar-refractivity contribution is 5.74. The van der Waals surface area contributed by atoms with Gasteiger partial charge in [0.1, 0.15) is 5.60 Å². The van der Waals surface area contributed by atoms with E-state index >= 15 is 0 Å². The molecule has 8 nitrogen and oxygen atoms in total. The van der Waals surface area contributed by atoms with Crippen molar-refractivity contribution in [1.29, 1.82) is 0 Å². The quantitative estimate of drug-likeness (QED) is 0.317. The Morgan fingerprint density at radius 1 is 0.739 bits per heavy atom. The third-order valence-electron chi connectivity index (χ3n) is 10.4. The molecule has 4 aliphatic rings. The molecule has 260 valence electrons. The first-order valence-corrected chi connectivity index (χ1v) is 18.7. The van der Waals surface area contributed by atoms with Gasteiger partial charge >= 0.3 is 12.1 Å². The number of ether oxygens (including phenoxy) is 1. The predicted molar refractivity (Wildman–Crippen MR) is 188 cm³/mol. The molecule has 3 amide bonds. The van der Waals surface area contributed by atoms with Gasteiger partial charge in [-0.1, -0.05) is 43.2 Å². The number of amides is 3. The zero-order valence-corrected chi connectivity index (χ0v) is 29.9. The first-order chi connectivity index (χ1) is 22.1. The van der Waals surface area contributed by atoms with Gasteiger partial charge in [-0.15, -0.1) is 0 Å². The van der Waals surface area contributed by atoms with Crippen molar-refractivity contribution in [2.75, 3.05) is 45.8 Å². The molecule has 0 saturated carbocycles. The Hall–Kier alpha value is -2.32. The molecule has 0 aromatic heterocycles. The highest BCUT2D eigenvalue weighted by atomic mass is 16.6. The predicted octanol–water partition coefficient (Wildman–Crippen LogP) is 7.32. The number of nitrogens with one attached hydrogen (secondary N) is 1. The van der Waals surface area contributed by atoms with Crippen LogP contribution in [0.25, 0.3) is 0 Å². The molecular formula is C38H65N5O3. The number of likely N-dealkylation sites (tertiary alicyclic amines) is 4. The maximum absolute atomic E-state index is 12.5. The molecule has 0 radical (unpaired) electrons. The lowest BCUT2D eigenvalue weighted by molar-refractivity contribution is -0.000108. The molecule has 4 unspecified atom stereocenters. The van der Waals surface area contributed by atoms with Crippen molar-refractivity contribution >= 4 is 12.1 Å². The number of unbranched alkanes of at least 4 members (excludes halogenated alkanes) is 1. The van der Waals surface area contributed by atoms with E-state index in [9.17, 15) is 9.59 Å². The molecule has 4 saturated heterocycles. The van der Waals surface area contributed by atoms with E-state index in [4.69, 9.17) is 4.74 Å². The van der Waals surface area contributed by atoms with Gasteiger partial charge in [-0.05, 0) is 137 Å². The summed E-state index contributed by atoms with van der Waals surface area (Å²) in [6, 6.07) is 12.7. The number of benzene rings is 1. The number of hydrogen-bond acceptors (Lipinski definition) is 5. The summed E-state index contributed by atoms with van der Waals surface area (Å²) in [5.41, 5.74) is 0.979. The lowest BCUT2D eigenvalue weighted by Crippen LogP contribution is -2.54. The zero-order valence-electron chi connectivity index (χ0n) is 29.9. The van der Waals surface area contributed by atoms with Crippen LogP contribution in [0.5, 0.6) is 0 Å². The first kappa shape index (κ1) is 36.5. The van der Waals surface area contributed by atoms with Gasteiger partial charge in [-0.25, -0.2) is 9.59 Å². The van der Waals surface area contributed by atoms with E-state index in [1.807, 2.05) is 25.7 Å². The fourth-order valence-corrected chi connectivity index (χ4v) is 7.81. The normalized spacial score (nSPS) is 26.5. The number of nitrogens with zero attached hydrogens (tertiary/aromatic N) is 4. The highest BCUT2D eigenvalue weighted by Gasteiger charge is 2.34. The van der Waals surface area contributed by atoms with Crippen molar-refractivity contribution in [1.82, 2.24) is 24.9 Å². The second-order valence-corrected chi connectivity index (χ2v) is 15.3. The van der Waals surface area contributed by atoms with Crippen molar-refractivity contribution in [3.63, 3.8) is 0 Å². The van der Waals surface area contributed by atoms with Crippen LogP contribution < -0.4 is 5.32 Å². The summed E-state index contributed by atoms with van der Waals surface area (Å²) >= 11 is 0. The van der Waals surface area contributed by atoms with Crippen molar-refractivity contribution in [2.45, 2.75) is 148 Å². The fraction of sp³-hybridized carbons (Fsp3) is 0.789. The zero-order chi connectivity index (χ0) is 32.9. The van der Waals surface area contributed by atoms with E-state index in [-0.39, 0.29) is 18.2 Å². The molecule has 0 spiro atoms. The van der Waals surface area contributed by atoms with E-state index in [2.05, 4.69) is 64.2 Å². The van der Waals surface area contributed by atoms with Crippen LogP contribution in [0.1, 0.15) is 117 Å². The van der Waals surface area contributed by atoms with Crippen molar-refractivity contribution < 1.29 is 14.3 Å². The van der Waals surface area contributed by atoms with Gasteiger partial charge in [0.15, 0.2) is 0 Å². The SMILES string of the molecule is CC1CC(N2CCCCC2)CCN1C(=O)NCCCCc1ccccc1.CC1CC(N2CCCCC2)CCN1C(=O)OC(C)(C)C. The molecule has 46 heavy (non-hydrogen) atoms. The minimum absolute atomic E-state index is 0.134. The van der Waals surface area contributed by atoms with Crippen molar-refractivity contribution in [3.05, 3.63) is 35.9 Å². The third-order valence-corrected chi connectivity index (χ3v) is 10.4. The van der Waals surface area contributed by atoms with Crippen LogP contribution in [0.15, 0.2) is 30.3 Å². The van der Waals surface area contributed by atoms with E-state index in [0.717, 1.165) is 64.6 Å². The number of carbonyl (C=O) groups is 2. The number of carbonyl (C=O) groups excluding carboxylic acids is 2. The Labute approximate surface area is 280 Å². The molecule has 4 heterocycles. The molecule has 5 rings (SSSR count). The van der Waals surface area contributed by atoms with Crippen LogP contribution in [0, 0.1) is 0 Å². The van der Waals surface area contributed by atoms with Crippen LogP contribution in [0.4, 0.5) is 9.59 Å². The summed E-state index contributed by atoms with van der Waals surface area (Å²) in [5, 5.41) is 3.14. The molecule has 4 fully saturated rings. The maximum atomic E-state index is 12.5. The maximum Gasteiger partial charge on any atom is 0.410 e. The molecule has 4 aliphatic heterocycles. The Kier molecular flexibility index (Phi) is 14.5. The van der Waals surface area contributed by atoms with Crippen LogP contribution >= 0.6 is 0 Å². The summed E-state index contributed by atoms with van der Waals surface area (Å²) in [4.78, 5) is 34.0. The number of piperidine rings is 4. The van der Waals surface area contributed by atoms with Gasteiger partial charge in [0.2, 0.25) is 0 Å². The molecule has 4 atom stereocenters. The van der Waals surface area contributed by atoms with E-state index < -0.39 is 5.60 Å². The van der Waals surface area contributed by atoms with Gasteiger partial charge in [0.25, 0.3) is 0 Å². The summed E-state index contributed by atoms with van der Waals surface area (Å²) < 4.78 is 5.50. The largest absolute Gasteiger partial charge is 0.444 e. The Bertz CT molecular complexity index is 1030. The summed E-state index contributed by atoms with van der Waals surface area (Å²) in [6.45, 7) is 17.6. The van der Waals surface area contributed by atoms with Gasteiger partial charge in [-0.3, -0.25) is 0 Å². The standard InChI is InChI=1S/C22H35N3O.C16H30N2O2/c1-19-18-21(24-15-8-3-9-16-24)13-17-25(19)22(26)23-14-7-6-12-20-10-4-2-5-11-20;1-13-12-14(17-9-6-5-7-10-17)8-11-18(13)15(19)20-16(2,3)4/h2,4-5,10-11,19,21H,3,6-9,12-18H2,1H3,(H,23,26);13-14H,5-12H2,1-4H3. The minimum atomic E-state index is -0.402. The molecule has 1 aromatic carbocycles. The second kappa shape index (κ2) is 18.3. The lowest BCUT2D eigenvalue weighted by atomic mass is 9.95. The van der Waals surface area contributed by atoms with Crippen molar-refractivity contribution in [2.24, 2.45) is 0 Å². The average molecular weight is 640 g/mol. The van der Waals surface area contributed by atoms with Crippen LogP contribution in [0.3, 0.4) is 0 Å². The Balaban J connectivity index is 0.000000216. The summed E-state index contributed by atoms with van der Waals surface area (Å²) in [5.74, 6) is 0. The first-order valence-electron chi connectivity index (χ1n) is 18.7. The molecular weight excluding hydrogens is 574 g/mol. The van der Waals surface area contributed by atoms with E-state index in [0.29, 0.717) is 18.1 Å². The van der Waals surface area contributed by atoms with Crippen molar-refractivity contribution in [3.8, 4) is 0 Å². The molecule has 0 aliphatic carbocycles. The monoisotopic (exact) mass is 640 g/mol. The van der Waals surface area contributed by atoms with Gasteiger partial charge in [0.05, 0.1) is 0 Å². The van der Waals surface area contributed by atoms with E-state index in [1.54, 1.807) is 0 Å². The van der Waals surface area contributed by atoms with Crippen LogP contribution in [0.2, 0.25) is 0 Å². The van der Waals surface area contributed by atoms with Crippen LogP contribution in [-0.2, 0) is 11.2 Å². The molecule has 8 heteroatoms. The number of urea groups is 1. The number of aryl methyl sites for hydroxylation is 1. The average Bonchev–Trinajstić information content (AvgIpc) is 3.05. The molecule has 0 bridgehead atoms. The number of rotatable bonds is 7. The van der Waals surface area contributed by atoms with Gasteiger partial charge in [-0.2, -0.15) is 0 Å². The molecule has 1 N–H and O–H groups in total. The van der Waals surface area contributed by atoms with Gasteiger partial charge in [0, 0.05) is 43.8 Å². The molecule has 1 aromatic rings. The van der Waals surface area contributed by atoms with Gasteiger partial charge < -0.3 is 29.7 Å². The third kappa shape index (κ3) is 11.7. The van der Waals surface area contributed by atoms with Crippen LogP contribution in [-0.4, -0.2) is 107 Å². The topological polar surface area (TPSA) is 68.4 Å². The second-order valence-electron chi connectivity index (χ2n) is 15.3. The smallest absolute Gasteiger partial charge is 0.410 e.